The number of halogens is 1. The van der Waals surface area contributed by atoms with Crippen LogP contribution < -0.4 is 5.32 Å². The maximum absolute atomic E-state index is 11.9. The minimum Gasteiger partial charge on any atom is -0.348 e. The molecule has 0 atom stereocenters. The molecular weight excluding hydrogens is 351 g/mol. The lowest BCUT2D eigenvalue weighted by Crippen LogP contribution is -2.22. The van der Waals surface area contributed by atoms with E-state index >= 15 is 0 Å². The van der Waals surface area contributed by atoms with Crippen molar-refractivity contribution in [1.82, 2.24) is 5.32 Å². The number of nitriles is 1. The number of hydrogen-bond donors (Lipinski definition) is 1. The van der Waals surface area contributed by atoms with Gasteiger partial charge in [0.1, 0.15) is 0 Å². The molecule has 94 valence electrons. The van der Waals surface area contributed by atoms with Gasteiger partial charge in [-0.3, -0.25) is 4.79 Å². The normalized spacial score (nSPS) is 9.68. The number of nitrogens with zero attached hydrogens (tertiary/aromatic N) is 1. The maximum atomic E-state index is 11.9. The van der Waals surface area contributed by atoms with Crippen molar-refractivity contribution in [2.75, 3.05) is 0 Å². The van der Waals surface area contributed by atoms with Crippen LogP contribution in [0, 0.1) is 14.9 Å². The lowest BCUT2D eigenvalue weighted by molar-refractivity contribution is 0.0951. The number of nitrogens with one attached hydrogen (secondary N) is 1. The first-order chi connectivity index (χ1) is 9.19. The van der Waals surface area contributed by atoms with Crippen LogP contribution in [0.5, 0.6) is 0 Å². The molecule has 0 heterocycles. The number of carbonyl (C=O) groups excluding carboxylic acids is 1. The molecule has 3 nitrogen and oxygen atoms in total. The Balaban J connectivity index is 1.98. The van der Waals surface area contributed by atoms with Crippen molar-refractivity contribution in [2.24, 2.45) is 0 Å². The maximum Gasteiger partial charge on any atom is 0.251 e. The van der Waals surface area contributed by atoms with E-state index in [-0.39, 0.29) is 5.91 Å². The molecule has 2 aromatic carbocycles. The van der Waals surface area contributed by atoms with Gasteiger partial charge in [0.2, 0.25) is 0 Å². The Labute approximate surface area is 125 Å². The van der Waals surface area contributed by atoms with E-state index in [1.807, 2.05) is 30.3 Å². The highest BCUT2D eigenvalue weighted by atomic mass is 127. The largest absolute Gasteiger partial charge is 0.348 e. The topological polar surface area (TPSA) is 52.9 Å². The van der Waals surface area contributed by atoms with E-state index in [1.165, 1.54) is 0 Å². The molecule has 2 rings (SSSR count). The van der Waals surface area contributed by atoms with Crippen LogP contribution in [0.25, 0.3) is 0 Å². The zero-order valence-electron chi connectivity index (χ0n) is 10.1. The van der Waals surface area contributed by atoms with E-state index in [4.69, 9.17) is 5.26 Å². The summed E-state index contributed by atoms with van der Waals surface area (Å²) in [6, 6.07) is 16.7. The molecule has 1 N–H and O–H groups in total. The number of benzene rings is 2. The standard InChI is InChI=1S/C15H11IN2O/c16-14-3-1-2-13(8-14)15(19)18-10-12-6-4-11(9-17)5-7-12/h1-8H,10H2,(H,18,19). The van der Waals surface area contributed by atoms with Crippen LogP contribution in [0.3, 0.4) is 0 Å². The van der Waals surface area contributed by atoms with Gasteiger partial charge in [-0.25, -0.2) is 0 Å². The Kier molecular flexibility index (Phi) is 4.53. The first-order valence-corrected chi connectivity index (χ1v) is 6.80. The zero-order valence-corrected chi connectivity index (χ0v) is 12.2. The molecular formula is C15H11IN2O. The average molecular weight is 362 g/mol. The minimum atomic E-state index is -0.0946. The molecule has 0 aliphatic heterocycles. The first-order valence-electron chi connectivity index (χ1n) is 5.72. The Morgan fingerprint density at radius 2 is 1.95 bits per heavy atom. The van der Waals surface area contributed by atoms with Gasteiger partial charge in [0.25, 0.3) is 5.91 Å². The SMILES string of the molecule is N#Cc1ccc(CNC(=O)c2cccc(I)c2)cc1. The summed E-state index contributed by atoms with van der Waals surface area (Å²) in [7, 11) is 0. The van der Waals surface area contributed by atoms with Crippen LogP contribution in [-0.4, -0.2) is 5.91 Å². The summed E-state index contributed by atoms with van der Waals surface area (Å²) < 4.78 is 1.03. The Morgan fingerprint density at radius 1 is 1.21 bits per heavy atom. The fourth-order valence-electron chi connectivity index (χ4n) is 1.61. The van der Waals surface area contributed by atoms with Crippen molar-refractivity contribution in [2.45, 2.75) is 6.54 Å². The third-order valence-corrected chi connectivity index (χ3v) is 3.29. The summed E-state index contributed by atoms with van der Waals surface area (Å²) in [5.41, 5.74) is 2.24. The van der Waals surface area contributed by atoms with Gasteiger partial charge < -0.3 is 5.32 Å². The monoisotopic (exact) mass is 362 g/mol. The Hall–Kier alpha value is -1.87. The summed E-state index contributed by atoms with van der Waals surface area (Å²) in [4.78, 5) is 11.9. The van der Waals surface area contributed by atoms with E-state index in [2.05, 4.69) is 34.0 Å². The van der Waals surface area contributed by atoms with Crippen LogP contribution in [0.15, 0.2) is 48.5 Å². The van der Waals surface area contributed by atoms with E-state index in [9.17, 15) is 4.79 Å². The average Bonchev–Trinajstić information content (AvgIpc) is 2.45. The zero-order chi connectivity index (χ0) is 13.7. The lowest BCUT2D eigenvalue weighted by Gasteiger charge is -2.05. The van der Waals surface area contributed by atoms with Gasteiger partial charge in [0, 0.05) is 15.7 Å². The highest BCUT2D eigenvalue weighted by Gasteiger charge is 2.05. The van der Waals surface area contributed by atoms with Gasteiger partial charge in [-0.2, -0.15) is 5.26 Å². The van der Waals surface area contributed by atoms with Gasteiger partial charge in [-0.1, -0.05) is 18.2 Å². The van der Waals surface area contributed by atoms with Crippen LogP contribution >= 0.6 is 22.6 Å². The molecule has 0 radical (unpaired) electrons. The van der Waals surface area contributed by atoms with Gasteiger partial charge in [-0.15, -0.1) is 0 Å². The second-order valence-corrected chi connectivity index (χ2v) is 5.25. The predicted octanol–water partition coefficient (Wildman–Crippen LogP) is 3.09. The molecule has 0 fully saturated rings. The summed E-state index contributed by atoms with van der Waals surface area (Å²) in [6.07, 6.45) is 0. The molecule has 0 aliphatic rings. The summed E-state index contributed by atoms with van der Waals surface area (Å²) >= 11 is 2.18. The Bertz CT molecular complexity index is 629. The second-order valence-electron chi connectivity index (χ2n) is 4.00. The van der Waals surface area contributed by atoms with E-state index < -0.39 is 0 Å². The summed E-state index contributed by atoms with van der Waals surface area (Å²) in [6.45, 7) is 0.454. The molecule has 19 heavy (non-hydrogen) atoms. The van der Waals surface area contributed by atoms with Crippen LogP contribution in [0.1, 0.15) is 21.5 Å². The highest BCUT2D eigenvalue weighted by Crippen LogP contribution is 2.08. The highest BCUT2D eigenvalue weighted by molar-refractivity contribution is 14.1. The lowest BCUT2D eigenvalue weighted by atomic mass is 10.1. The van der Waals surface area contributed by atoms with Gasteiger partial charge >= 0.3 is 0 Å². The summed E-state index contributed by atoms with van der Waals surface area (Å²) in [5, 5.41) is 11.6. The van der Waals surface area contributed by atoms with Crippen LogP contribution in [0.2, 0.25) is 0 Å². The molecule has 2 aromatic rings. The smallest absolute Gasteiger partial charge is 0.251 e. The van der Waals surface area contributed by atoms with E-state index in [0.717, 1.165) is 9.13 Å². The quantitative estimate of drug-likeness (QED) is 0.854. The van der Waals surface area contributed by atoms with Crippen molar-refractivity contribution in [3.05, 3.63) is 68.8 Å². The fraction of sp³-hybridized carbons (Fsp3) is 0.0667. The molecule has 0 unspecified atom stereocenters. The molecule has 0 bridgehead atoms. The van der Waals surface area contributed by atoms with Crippen LogP contribution in [0.4, 0.5) is 0 Å². The second kappa shape index (κ2) is 6.34. The third kappa shape index (κ3) is 3.80. The number of hydrogen-bond acceptors (Lipinski definition) is 2. The molecule has 0 aliphatic carbocycles. The fourth-order valence-corrected chi connectivity index (χ4v) is 2.15. The van der Waals surface area contributed by atoms with Crippen molar-refractivity contribution in [1.29, 1.82) is 5.26 Å². The Morgan fingerprint density at radius 3 is 2.58 bits per heavy atom. The molecule has 0 saturated heterocycles. The van der Waals surface area contributed by atoms with Crippen molar-refractivity contribution >= 4 is 28.5 Å². The van der Waals surface area contributed by atoms with E-state index in [0.29, 0.717) is 17.7 Å². The molecule has 0 aromatic heterocycles. The third-order valence-electron chi connectivity index (χ3n) is 2.62. The van der Waals surface area contributed by atoms with Crippen molar-refractivity contribution in [3.63, 3.8) is 0 Å². The minimum absolute atomic E-state index is 0.0946. The van der Waals surface area contributed by atoms with Crippen molar-refractivity contribution in [3.8, 4) is 6.07 Å². The number of amides is 1. The molecule has 4 heteroatoms. The van der Waals surface area contributed by atoms with Crippen LogP contribution in [-0.2, 0) is 6.54 Å². The summed E-state index contributed by atoms with van der Waals surface area (Å²) in [5.74, 6) is -0.0946. The van der Waals surface area contributed by atoms with E-state index in [1.54, 1.807) is 18.2 Å². The van der Waals surface area contributed by atoms with Gasteiger partial charge in [-0.05, 0) is 58.5 Å². The van der Waals surface area contributed by atoms with Crippen molar-refractivity contribution < 1.29 is 4.79 Å². The predicted molar refractivity (Wildman–Crippen MR) is 81.5 cm³/mol. The molecule has 0 spiro atoms. The molecule has 1 amide bonds. The number of rotatable bonds is 3. The molecule has 0 saturated carbocycles. The number of carbonyl (C=O) groups is 1. The van der Waals surface area contributed by atoms with Gasteiger partial charge in [0.15, 0.2) is 0 Å². The first kappa shape index (κ1) is 13.6. The van der Waals surface area contributed by atoms with Gasteiger partial charge in [0.05, 0.1) is 11.6 Å².